The van der Waals surface area contributed by atoms with Gasteiger partial charge in [-0.1, -0.05) is 84.9 Å². The largest absolute Gasteiger partial charge is 0.464 e. The lowest BCUT2D eigenvalue weighted by molar-refractivity contribution is 0.261. The number of furan rings is 1. The fourth-order valence-corrected chi connectivity index (χ4v) is 5.44. The summed E-state index contributed by atoms with van der Waals surface area (Å²) in [6, 6.07) is 35.5. The van der Waals surface area contributed by atoms with E-state index in [1.165, 1.54) is 5.39 Å². The van der Waals surface area contributed by atoms with Crippen LogP contribution in [0.15, 0.2) is 119 Å². The lowest BCUT2D eigenvalue weighted by atomic mass is 9.98. The zero-order valence-electron chi connectivity index (χ0n) is 19.2. The highest BCUT2D eigenvalue weighted by Crippen LogP contribution is 2.39. The van der Waals surface area contributed by atoms with Gasteiger partial charge in [-0.05, 0) is 34.5 Å². The van der Waals surface area contributed by atoms with Gasteiger partial charge in [-0.25, -0.2) is 4.99 Å². The third-order valence-electron chi connectivity index (χ3n) is 7.13. The Hall–Kier alpha value is -4.83. The van der Waals surface area contributed by atoms with E-state index in [1.807, 2.05) is 30.5 Å². The molecule has 4 heteroatoms. The molecule has 1 atom stereocenters. The Bertz CT molecular complexity index is 1910. The number of para-hydroxylation sites is 2. The third kappa shape index (κ3) is 2.78. The molecular formula is C32H20N2O2. The summed E-state index contributed by atoms with van der Waals surface area (Å²) in [5, 5.41) is 8.01. The van der Waals surface area contributed by atoms with Gasteiger partial charge in [0.1, 0.15) is 22.6 Å². The quantitative estimate of drug-likeness (QED) is 0.288. The van der Waals surface area contributed by atoms with Gasteiger partial charge in [-0.3, -0.25) is 0 Å². The highest BCUT2D eigenvalue weighted by molar-refractivity contribution is 6.19. The minimum absolute atomic E-state index is 0.276. The molecule has 0 saturated carbocycles. The number of nitrogens with one attached hydrogen (secondary N) is 1. The summed E-state index contributed by atoms with van der Waals surface area (Å²) in [6.07, 6.45) is 1.67. The molecule has 0 fully saturated rings. The van der Waals surface area contributed by atoms with Crippen LogP contribution in [0.1, 0.15) is 11.1 Å². The maximum Gasteiger partial charge on any atom is 0.213 e. The predicted molar refractivity (Wildman–Crippen MR) is 145 cm³/mol. The second kappa shape index (κ2) is 7.33. The van der Waals surface area contributed by atoms with Crippen molar-refractivity contribution in [2.45, 2.75) is 6.23 Å². The summed E-state index contributed by atoms with van der Waals surface area (Å²) in [7, 11) is 0. The van der Waals surface area contributed by atoms with Crippen LogP contribution < -0.4 is 10.1 Å². The molecule has 0 spiro atoms. The molecule has 0 amide bonds. The maximum atomic E-state index is 6.29. The lowest BCUT2D eigenvalue weighted by Gasteiger charge is -2.18. The van der Waals surface area contributed by atoms with Crippen LogP contribution in [0.3, 0.4) is 0 Å². The summed E-state index contributed by atoms with van der Waals surface area (Å²) < 4.78 is 12.5. The predicted octanol–water partition coefficient (Wildman–Crippen LogP) is 7.52. The van der Waals surface area contributed by atoms with Crippen molar-refractivity contribution in [2.24, 2.45) is 4.99 Å². The van der Waals surface area contributed by atoms with E-state index < -0.39 is 0 Å². The second-order valence-electron chi connectivity index (χ2n) is 9.21. The molecule has 3 heterocycles. The van der Waals surface area contributed by atoms with Crippen molar-refractivity contribution < 1.29 is 9.15 Å². The number of benzene rings is 5. The molecule has 170 valence electrons. The Balaban J connectivity index is 1.25. The highest BCUT2D eigenvalue weighted by atomic mass is 16.5. The molecule has 0 bridgehead atoms. The molecule has 2 aliphatic rings. The fraction of sp³-hybridized carbons (Fsp3) is 0.0312. The van der Waals surface area contributed by atoms with Crippen molar-refractivity contribution in [1.82, 2.24) is 5.32 Å². The molecule has 1 N–H and O–H groups in total. The molecule has 0 unspecified atom stereocenters. The first-order valence-electron chi connectivity index (χ1n) is 12.1. The van der Waals surface area contributed by atoms with E-state index in [-0.39, 0.29) is 6.23 Å². The monoisotopic (exact) mass is 464 g/mol. The van der Waals surface area contributed by atoms with E-state index in [0.29, 0.717) is 0 Å². The lowest BCUT2D eigenvalue weighted by Crippen LogP contribution is -2.36. The smallest absolute Gasteiger partial charge is 0.213 e. The van der Waals surface area contributed by atoms with Crippen LogP contribution in [-0.4, -0.2) is 11.9 Å². The molecule has 0 aliphatic carbocycles. The van der Waals surface area contributed by atoms with E-state index in [4.69, 9.17) is 14.1 Å². The maximum absolute atomic E-state index is 6.29. The number of hydrogen-bond acceptors (Lipinski definition) is 4. The number of rotatable bonds is 2. The van der Waals surface area contributed by atoms with Crippen molar-refractivity contribution in [2.75, 3.05) is 0 Å². The van der Waals surface area contributed by atoms with Gasteiger partial charge in [0.15, 0.2) is 0 Å². The van der Waals surface area contributed by atoms with E-state index in [0.717, 1.165) is 66.7 Å². The Morgan fingerprint density at radius 3 is 2.47 bits per heavy atom. The van der Waals surface area contributed by atoms with Crippen molar-refractivity contribution in [3.8, 4) is 16.9 Å². The Labute approximate surface area is 207 Å². The van der Waals surface area contributed by atoms with Crippen LogP contribution in [0.2, 0.25) is 0 Å². The highest BCUT2D eigenvalue weighted by Gasteiger charge is 2.33. The van der Waals surface area contributed by atoms with Crippen LogP contribution in [-0.2, 0) is 0 Å². The van der Waals surface area contributed by atoms with E-state index in [1.54, 1.807) is 0 Å². The second-order valence-corrected chi connectivity index (χ2v) is 9.21. The molecule has 4 nitrogen and oxygen atoms in total. The van der Waals surface area contributed by atoms with Gasteiger partial charge in [0, 0.05) is 28.1 Å². The Kier molecular flexibility index (Phi) is 3.97. The summed E-state index contributed by atoms with van der Waals surface area (Å²) in [6.45, 7) is 0. The first-order valence-corrected chi connectivity index (χ1v) is 12.1. The Morgan fingerprint density at radius 2 is 1.50 bits per heavy atom. The van der Waals surface area contributed by atoms with Crippen molar-refractivity contribution in [3.63, 3.8) is 0 Å². The molecule has 0 saturated heterocycles. The number of fused-ring (bicyclic) bond motifs is 8. The number of nitrogens with zero attached hydrogens (tertiary/aromatic N) is 1. The standard InChI is InChI=1S/C32H20N2O2/c1-2-10-22-19(7-1)15-16-28-29(22)30-32(36-28)33-18-26(34-30)21-9-5-8-20(17-21)23-12-6-13-25-24-11-3-4-14-27(24)35-31(23)25/h1-18,32-33H/t32-/m1/s1. The fourth-order valence-electron chi connectivity index (χ4n) is 5.44. The number of ether oxygens (including phenoxy) is 1. The number of aliphatic imine (C=N–C) groups is 1. The van der Waals surface area contributed by atoms with Gasteiger partial charge in [0.25, 0.3) is 0 Å². The summed E-state index contributed by atoms with van der Waals surface area (Å²) in [5.41, 5.74) is 7.87. The summed E-state index contributed by atoms with van der Waals surface area (Å²) in [5.74, 6) is 0.866. The molecule has 2 aliphatic heterocycles. The summed E-state index contributed by atoms with van der Waals surface area (Å²) >= 11 is 0. The first kappa shape index (κ1) is 19.5. The van der Waals surface area contributed by atoms with Gasteiger partial charge in [0.2, 0.25) is 6.23 Å². The average molecular weight is 465 g/mol. The van der Waals surface area contributed by atoms with Gasteiger partial charge in [0.05, 0.1) is 11.3 Å². The van der Waals surface area contributed by atoms with Crippen LogP contribution in [0.25, 0.3) is 49.5 Å². The zero-order valence-corrected chi connectivity index (χ0v) is 19.2. The van der Waals surface area contributed by atoms with E-state index in [9.17, 15) is 0 Å². The number of hydrogen-bond donors (Lipinski definition) is 1. The van der Waals surface area contributed by atoms with E-state index in [2.05, 4.69) is 84.2 Å². The van der Waals surface area contributed by atoms with E-state index >= 15 is 0 Å². The van der Waals surface area contributed by atoms with Crippen molar-refractivity contribution in [1.29, 1.82) is 0 Å². The molecule has 5 aromatic carbocycles. The third-order valence-corrected chi connectivity index (χ3v) is 7.13. The van der Waals surface area contributed by atoms with Crippen molar-refractivity contribution >= 4 is 44.1 Å². The Morgan fingerprint density at radius 1 is 0.694 bits per heavy atom. The minimum atomic E-state index is -0.276. The molecular weight excluding hydrogens is 444 g/mol. The van der Waals surface area contributed by atoms with Crippen LogP contribution in [0.4, 0.5) is 0 Å². The average Bonchev–Trinajstić information content (AvgIpc) is 3.51. The first-order chi connectivity index (χ1) is 17.8. The van der Waals surface area contributed by atoms with Crippen molar-refractivity contribution in [3.05, 3.63) is 120 Å². The molecule has 1 aromatic heterocycles. The summed E-state index contributed by atoms with van der Waals surface area (Å²) in [4.78, 5) is 5.10. The van der Waals surface area contributed by atoms with Gasteiger partial charge in [-0.2, -0.15) is 0 Å². The SMILES string of the molecule is C1=C(c2cccc(-c3cccc4c3oc3ccccc34)c2)N=C2c3c(ccc4ccccc34)O[C@H]2N1. The van der Waals surface area contributed by atoms with Crippen LogP contribution >= 0.6 is 0 Å². The van der Waals surface area contributed by atoms with Crippen LogP contribution in [0, 0.1) is 0 Å². The topological polar surface area (TPSA) is 46.8 Å². The van der Waals surface area contributed by atoms with Crippen LogP contribution in [0.5, 0.6) is 5.75 Å². The molecule has 8 rings (SSSR count). The van der Waals surface area contributed by atoms with Gasteiger partial charge in [-0.15, -0.1) is 0 Å². The normalized spacial score (nSPS) is 16.3. The molecule has 0 radical (unpaired) electrons. The van der Waals surface area contributed by atoms with Gasteiger partial charge < -0.3 is 14.5 Å². The minimum Gasteiger partial charge on any atom is -0.464 e. The molecule has 6 aromatic rings. The molecule has 36 heavy (non-hydrogen) atoms. The zero-order chi connectivity index (χ0) is 23.6. The van der Waals surface area contributed by atoms with Gasteiger partial charge >= 0.3 is 0 Å².